The summed E-state index contributed by atoms with van der Waals surface area (Å²) in [4.78, 5) is 15.0. The first-order chi connectivity index (χ1) is 14.1. The SMILES string of the molecule is CN1CCC(c2ccc(NC(=O)c3ccc(-c4ccc(Cl)cc4)cc3)cc2)CC1. The molecule has 3 aromatic rings. The summed E-state index contributed by atoms with van der Waals surface area (Å²) in [5, 5.41) is 3.71. The number of piperidine rings is 1. The van der Waals surface area contributed by atoms with Crippen LogP contribution in [0.25, 0.3) is 11.1 Å². The fourth-order valence-corrected chi connectivity index (χ4v) is 3.97. The maximum atomic E-state index is 12.6. The molecule has 3 nitrogen and oxygen atoms in total. The van der Waals surface area contributed by atoms with Gasteiger partial charge < -0.3 is 10.2 Å². The van der Waals surface area contributed by atoms with Crippen molar-refractivity contribution in [3.8, 4) is 11.1 Å². The summed E-state index contributed by atoms with van der Waals surface area (Å²) in [5.74, 6) is 0.524. The van der Waals surface area contributed by atoms with E-state index in [0.29, 0.717) is 16.5 Å². The van der Waals surface area contributed by atoms with Crippen molar-refractivity contribution in [2.24, 2.45) is 0 Å². The molecular weight excluding hydrogens is 380 g/mol. The molecule has 1 aliphatic heterocycles. The van der Waals surface area contributed by atoms with E-state index in [0.717, 1.165) is 29.9 Å². The van der Waals surface area contributed by atoms with Gasteiger partial charge in [0, 0.05) is 16.3 Å². The number of likely N-dealkylation sites (tertiary alicyclic amines) is 1. The number of hydrogen-bond acceptors (Lipinski definition) is 2. The van der Waals surface area contributed by atoms with Crippen LogP contribution >= 0.6 is 11.6 Å². The quantitative estimate of drug-likeness (QED) is 0.572. The van der Waals surface area contributed by atoms with Gasteiger partial charge in [0.2, 0.25) is 0 Å². The number of carbonyl (C=O) groups excluding carboxylic acids is 1. The number of anilines is 1. The first kappa shape index (κ1) is 19.7. The lowest BCUT2D eigenvalue weighted by Gasteiger charge is -2.29. The molecule has 1 fully saturated rings. The van der Waals surface area contributed by atoms with Gasteiger partial charge in [-0.25, -0.2) is 0 Å². The molecule has 4 heteroatoms. The Kier molecular flexibility index (Phi) is 5.98. The molecule has 1 aliphatic rings. The smallest absolute Gasteiger partial charge is 0.255 e. The second kappa shape index (κ2) is 8.81. The molecule has 3 aromatic carbocycles. The van der Waals surface area contributed by atoms with Crippen molar-refractivity contribution in [1.82, 2.24) is 4.90 Å². The van der Waals surface area contributed by atoms with Gasteiger partial charge in [0.1, 0.15) is 0 Å². The standard InChI is InChI=1S/C25H25ClN2O/c1-28-16-14-21(15-17-28)20-8-12-24(13-9-20)27-25(29)22-4-2-18(3-5-22)19-6-10-23(26)11-7-19/h2-13,21H,14-17H2,1H3,(H,27,29). The van der Waals surface area contributed by atoms with Gasteiger partial charge in [0.25, 0.3) is 5.91 Å². The maximum absolute atomic E-state index is 12.6. The van der Waals surface area contributed by atoms with Crippen molar-refractivity contribution in [2.75, 3.05) is 25.5 Å². The van der Waals surface area contributed by atoms with Gasteiger partial charge in [0.05, 0.1) is 0 Å². The van der Waals surface area contributed by atoms with E-state index in [1.807, 2.05) is 60.7 Å². The van der Waals surface area contributed by atoms with Crippen molar-refractivity contribution in [2.45, 2.75) is 18.8 Å². The first-order valence-electron chi connectivity index (χ1n) is 10.0. The predicted molar refractivity (Wildman–Crippen MR) is 121 cm³/mol. The van der Waals surface area contributed by atoms with Crippen LogP contribution in [0.15, 0.2) is 72.8 Å². The normalized spacial score (nSPS) is 15.2. The zero-order valence-electron chi connectivity index (χ0n) is 16.6. The van der Waals surface area contributed by atoms with E-state index >= 15 is 0 Å². The average molecular weight is 405 g/mol. The Bertz CT molecular complexity index is 957. The number of hydrogen-bond donors (Lipinski definition) is 1. The van der Waals surface area contributed by atoms with E-state index in [-0.39, 0.29) is 5.91 Å². The molecule has 0 spiro atoms. The Morgan fingerprint density at radius 2 is 1.41 bits per heavy atom. The van der Waals surface area contributed by atoms with Crippen molar-refractivity contribution in [1.29, 1.82) is 0 Å². The largest absolute Gasteiger partial charge is 0.322 e. The molecule has 0 unspecified atom stereocenters. The summed E-state index contributed by atoms with van der Waals surface area (Å²) in [5.41, 5.74) is 4.96. The molecule has 0 saturated carbocycles. The molecule has 1 amide bonds. The van der Waals surface area contributed by atoms with Crippen molar-refractivity contribution in [3.63, 3.8) is 0 Å². The molecule has 0 atom stereocenters. The summed E-state index contributed by atoms with van der Waals surface area (Å²) in [6, 6.07) is 23.6. The molecule has 0 aliphatic carbocycles. The second-order valence-electron chi connectivity index (χ2n) is 7.74. The summed E-state index contributed by atoms with van der Waals surface area (Å²) >= 11 is 5.95. The Morgan fingerprint density at radius 1 is 0.862 bits per heavy atom. The number of rotatable bonds is 4. The summed E-state index contributed by atoms with van der Waals surface area (Å²) < 4.78 is 0. The predicted octanol–water partition coefficient (Wildman–Crippen LogP) is 6.07. The first-order valence-corrected chi connectivity index (χ1v) is 10.4. The van der Waals surface area contributed by atoms with Crippen LogP contribution in [0.3, 0.4) is 0 Å². The fraction of sp³-hybridized carbons (Fsp3) is 0.240. The van der Waals surface area contributed by atoms with E-state index in [2.05, 4.69) is 29.4 Å². The maximum Gasteiger partial charge on any atom is 0.255 e. The van der Waals surface area contributed by atoms with Crippen molar-refractivity contribution < 1.29 is 4.79 Å². The number of amides is 1. The Morgan fingerprint density at radius 3 is 2.00 bits per heavy atom. The molecule has 4 rings (SSSR count). The minimum absolute atomic E-state index is 0.0975. The van der Waals surface area contributed by atoms with E-state index in [1.165, 1.54) is 18.4 Å². The third-order valence-corrected chi connectivity index (χ3v) is 5.94. The number of carbonyl (C=O) groups is 1. The van der Waals surface area contributed by atoms with Crippen molar-refractivity contribution in [3.05, 3.63) is 88.9 Å². The topological polar surface area (TPSA) is 32.3 Å². The number of nitrogens with one attached hydrogen (secondary N) is 1. The highest BCUT2D eigenvalue weighted by molar-refractivity contribution is 6.30. The highest BCUT2D eigenvalue weighted by Gasteiger charge is 2.18. The fourth-order valence-electron chi connectivity index (χ4n) is 3.84. The molecule has 1 heterocycles. The Balaban J connectivity index is 1.39. The highest BCUT2D eigenvalue weighted by atomic mass is 35.5. The second-order valence-corrected chi connectivity index (χ2v) is 8.17. The van der Waals surface area contributed by atoms with E-state index in [9.17, 15) is 4.79 Å². The van der Waals surface area contributed by atoms with Gasteiger partial charge in [-0.15, -0.1) is 0 Å². The van der Waals surface area contributed by atoms with Crippen LogP contribution in [0.2, 0.25) is 5.02 Å². The van der Waals surface area contributed by atoms with Crippen LogP contribution in [-0.4, -0.2) is 30.9 Å². The third kappa shape index (κ3) is 4.87. The van der Waals surface area contributed by atoms with Gasteiger partial charge in [-0.1, -0.05) is 48.0 Å². The monoisotopic (exact) mass is 404 g/mol. The van der Waals surface area contributed by atoms with Gasteiger partial charge in [-0.3, -0.25) is 4.79 Å². The molecule has 148 valence electrons. The molecule has 0 aromatic heterocycles. The van der Waals surface area contributed by atoms with Crippen molar-refractivity contribution >= 4 is 23.2 Å². The van der Waals surface area contributed by atoms with Gasteiger partial charge in [-0.05, 0) is 92.0 Å². The van der Waals surface area contributed by atoms with Gasteiger partial charge >= 0.3 is 0 Å². The lowest BCUT2D eigenvalue weighted by Crippen LogP contribution is -2.29. The number of nitrogens with zero attached hydrogens (tertiary/aromatic N) is 1. The highest BCUT2D eigenvalue weighted by Crippen LogP contribution is 2.28. The van der Waals surface area contributed by atoms with Gasteiger partial charge in [-0.2, -0.15) is 0 Å². The third-order valence-electron chi connectivity index (χ3n) is 5.68. The zero-order chi connectivity index (χ0) is 20.2. The summed E-state index contributed by atoms with van der Waals surface area (Å²) in [6.45, 7) is 2.30. The Labute approximate surface area is 177 Å². The van der Waals surface area contributed by atoms with Crippen LogP contribution < -0.4 is 5.32 Å². The summed E-state index contributed by atoms with van der Waals surface area (Å²) in [7, 11) is 2.18. The average Bonchev–Trinajstić information content (AvgIpc) is 2.76. The van der Waals surface area contributed by atoms with E-state index in [1.54, 1.807) is 0 Å². The van der Waals surface area contributed by atoms with Crippen LogP contribution in [0, 0.1) is 0 Å². The van der Waals surface area contributed by atoms with E-state index < -0.39 is 0 Å². The summed E-state index contributed by atoms with van der Waals surface area (Å²) in [6.07, 6.45) is 2.39. The van der Waals surface area contributed by atoms with Crippen LogP contribution in [0.4, 0.5) is 5.69 Å². The van der Waals surface area contributed by atoms with Crippen LogP contribution in [-0.2, 0) is 0 Å². The molecule has 1 N–H and O–H groups in total. The number of halogens is 1. The molecule has 0 radical (unpaired) electrons. The molecule has 29 heavy (non-hydrogen) atoms. The molecule has 1 saturated heterocycles. The van der Waals surface area contributed by atoms with Gasteiger partial charge in [0.15, 0.2) is 0 Å². The number of benzene rings is 3. The molecular formula is C25H25ClN2O. The van der Waals surface area contributed by atoms with E-state index in [4.69, 9.17) is 11.6 Å². The van der Waals surface area contributed by atoms with Crippen LogP contribution in [0.1, 0.15) is 34.7 Å². The lowest BCUT2D eigenvalue weighted by molar-refractivity contribution is 0.102. The minimum atomic E-state index is -0.0975. The Hall–Kier alpha value is -2.62. The minimum Gasteiger partial charge on any atom is -0.322 e. The zero-order valence-corrected chi connectivity index (χ0v) is 17.3. The van der Waals surface area contributed by atoms with Crippen LogP contribution in [0.5, 0.6) is 0 Å². The lowest BCUT2D eigenvalue weighted by atomic mass is 9.89. The molecule has 0 bridgehead atoms.